The van der Waals surface area contributed by atoms with Crippen molar-refractivity contribution in [2.75, 3.05) is 26.7 Å². The number of piperidine rings is 1. The van der Waals surface area contributed by atoms with E-state index < -0.39 is 10.0 Å². The number of nitrogens with one attached hydrogen (secondary N) is 1. The van der Waals surface area contributed by atoms with Crippen LogP contribution in [0, 0.1) is 0 Å². The molecule has 1 spiro atoms. The average Bonchev–Trinajstić information content (AvgIpc) is 3.49. The van der Waals surface area contributed by atoms with Gasteiger partial charge in [0.1, 0.15) is 11.6 Å². The van der Waals surface area contributed by atoms with Gasteiger partial charge >= 0.3 is 0 Å². The van der Waals surface area contributed by atoms with Crippen LogP contribution in [0.3, 0.4) is 0 Å². The molecule has 3 aliphatic rings. The Balaban J connectivity index is 1.42. The molecule has 0 amide bonds. The third kappa shape index (κ3) is 2.86. The second-order valence-corrected chi connectivity index (χ2v) is 10.2. The van der Waals surface area contributed by atoms with Crippen molar-refractivity contribution in [2.24, 2.45) is 0 Å². The molecule has 28 heavy (non-hydrogen) atoms. The van der Waals surface area contributed by atoms with Crippen molar-refractivity contribution in [1.29, 1.82) is 0 Å². The summed E-state index contributed by atoms with van der Waals surface area (Å²) in [7, 11) is -1.43. The SMILES string of the molecule is COc1ccc(-c2cnc3n2CCNC32CCN(S(=O)(=O)C3CC3)CC2)cc1. The van der Waals surface area contributed by atoms with E-state index >= 15 is 0 Å². The van der Waals surface area contributed by atoms with Crippen molar-refractivity contribution in [2.45, 2.75) is 43.0 Å². The van der Waals surface area contributed by atoms with E-state index in [0.29, 0.717) is 13.1 Å². The first-order valence-corrected chi connectivity index (χ1v) is 11.5. The summed E-state index contributed by atoms with van der Waals surface area (Å²) in [6.07, 6.45) is 5.10. The second-order valence-electron chi connectivity index (χ2n) is 8.00. The number of sulfonamides is 1. The molecule has 150 valence electrons. The van der Waals surface area contributed by atoms with Gasteiger partial charge in [-0.1, -0.05) is 0 Å². The first-order chi connectivity index (χ1) is 13.5. The fourth-order valence-corrected chi connectivity index (χ4v) is 6.41. The minimum Gasteiger partial charge on any atom is -0.497 e. The van der Waals surface area contributed by atoms with Crippen LogP contribution < -0.4 is 10.1 Å². The normalized spacial score (nSPS) is 22.2. The number of rotatable bonds is 4. The van der Waals surface area contributed by atoms with Crippen LogP contribution in [-0.4, -0.2) is 54.3 Å². The van der Waals surface area contributed by atoms with Crippen molar-refractivity contribution in [1.82, 2.24) is 19.2 Å². The molecule has 3 heterocycles. The van der Waals surface area contributed by atoms with Crippen LogP contribution in [-0.2, 0) is 22.1 Å². The standard InChI is InChI=1S/C20H26N4O3S/c1-27-16-4-2-15(3-5-16)18-14-21-19-20(22-10-13-24(18)19)8-11-23(12-9-20)28(25,26)17-6-7-17/h2-5,14,17,22H,6-13H2,1H3. The largest absolute Gasteiger partial charge is 0.497 e. The Hall–Kier alpha value is -1.90. The lowest BCUT2D eigenvalue weighted by Gasteiger charge is -2.44. The van der Waals surface area contributed by atoms with E-state index in [9.17, 15) is 8.42 Å². The topological polar surface area (TPSA) is 76.5 Å². The van der Waals surface area contributed by atoms with E-state index in [4.69, 9.17) is 9.72 Å². The number of benzene rings is 1. The first-order valence-electron chi connectivity index (χ1n) is 9.98. The van der Waals surface area contributed by atoms with Crippen LogP contribution >= 0.6 is 0 Å². The fourth-order valence-electron chi connectivity index (χ4n) is 4.56. The van der Waals surface area contributed by atoms with Gasteiger partial charge in [0, 0.05) is 31.7 Å². The zero-order valence-corrected chi connectivity index (χ0v) is 16.9. The van der Waals surface area contributed by atoms with Crippen LogP contribution in [0.2, 0.25) is 0 Å². The number of ether oxygens (including phenoxy) is 1. The highest BCUT2D eigenvalue weighted by molar-refractivity contribution is 7.90. The molecule has 2 aromatic rings. The molecule has 2 fully saturated rings. The zero-order chi connectivity index (χ0) is 19.4. The Labute approximate surface area is 165 Å². The Bertz CT molecular complexity index is 971. The van der Waals surface area contributed by atoms with Gasteiger partial charge in [0.25, 0.3) is 0 Å². The summed E-state index contributed by atoms with van der Waals surface area (Å²) in [6, 6.07) is 8.05. The van der Waals surface area contributed by atoms with Gasteiger partial charge in [-0.15, -0.1) is 0 Å². The smallest absolute Gasteiger partial charge is 0.216 e. The van der Waals surface area contributed by atoms with E-state index in [1.807, 2.05) is 18.3 Å². The molecule has 5 rings (SSSR count). The van der Waals surface area contributed by atoms with Crippen molar-refractivity contribution >= 4 is 10.0 Å². The molecule has 0 atom stereocenters. The number of methoxy groups -OCH3 is 1. The lowest BCUT2D eigenvalue weighted by Crippen LogP contribution is -2.56. The van der Waals surface area contributed by atoms with E-state index in [2.05, 4.69) is 22.0 Å². The number of aromatic nitrogens is 2. The number of hydrogen-bond donors (Lipinski definition) is 1. The van der Waals surface area contributed by atoms with Gasteiger partial charge in [-0.2, -0.15) is 0 Å². The van der Waals surface area contributed by atoms with Crippen LogP contribution in [0.5, 0.6) is 5.75 Å². The van der Waals surface area contributed by atoms with Crippen molar-refractivity contribution in [3.8, 4) is 17.0 Å². The lowest BCUT2D eigenvalue weighted by atomic mass is 9.86. The molecule has 1 aromatic carbocycles. The molecule has 2 aliphatic heterocycles. The predicted molar refractivity (Wildman–Crippen MR) is 107 cm³/mol. The van der Waals surface area contributed by atoms with Gasteiger partial charge in [-0.05, 0) is 49.9 Å². The number of imidazole rings is 1. The highest BCUT2D eigenvalue weighted by Gasteiger charge is 2.47. The van der Waals surface area contributed by atoms with Gasteiger partial charge in [-0.3, -0.25) is 0 Å². The summed E-state index contributed by atoms with van der Waals surface area (Å²) in [4.78, 5) is 4.79. The van der Waals surface area contributed by atoms with Gasteiger partial charge in [0.2, 0.25) is 10.0 Å². The summed E-state index contributed by atoms with van der Waals surface area (Å²) in [6.45, 7) is 2.86. The highest BCUT2D eigenvalue weighted by Crippen LogP contribution is 2.39. The summed E-state index contributed by atoms with van der Waals surface area (Å²) in [5.41, 5.74) is 1.98. The third-order valence-corrected chi connectivity index (χ3v) is 8.75. The summed E-state index contributed by atoms with van der Waals surface area (Å²) in [5, 5.41) is 3.53. The van der Waals surface area contributed by atoms with Crippen LogP contribution in [0.25, 0.3) is 11.3 Å². The van der Waals surface area contributed by atoms with Crippen molar-refractivity contribution in [3.05, 3.63) is 36.3 Å². The summed E-state index contributed by atoms with van der Waals surface area (Å²) >= 11 is 0. The van der Waals surface area contributed by atoms with E-state index in [1.54, 1.807) is 11.4 Å². The third-order valence-electron chi connectivity index (χ3n) is 6.35. The molecule has 8 heteroatoms. The molecule has 1 aliphatic carbocycles. The first kappa shape index (κ1) is 18.1. The number of hydrogen-bond acceptors (Lipinski definition) is 5. The molecule has 0 radical (unpaired) electrons. The molecule has 0 unspecified atom stereocenters. The van der Waals surface area contributed by atoms with Crippen molar-refractivity contribution < 1.29 is 13.2 Å². The highest BCUT2D eigenvalue weighted by atomic mass is 32.2. The molecular weight excluding hydrogens is 376 g/mol. The van der Waals surface area contributed by atoms with Crippen LogP contribution in [0.15, 0.2) is 30.5 Å². The Morgan fingerprint density at radius 2 is 1.86 bits per heavy atom. The van der Waals surface area contributed by atoms with Crippen molar-refractivity contribution in [3.63, 3.8) is 0 Å². The fraction of sp³-hybridized carbons (Fsp3) is 0.550. The van der Waals surface area contributed by atoms with Gasteiger partial charge in [0.05, 0.1) is 29.8 Å². The molecule has 7 nitrogen and oxygen atoms in total. The van der Waals surface area contributed by atoms with Gasteiger partial charge in [0.15, 0.2) is 0 Å². The average molecular weight is 403 g/mol. The molecule has 1 N–H and O–H groups in total. The van der Waals surface area contributed by atoms with E-state index in [-0.39, 0.29) is 10.8 Å². The van der Waals surface area contributed by atoms with Gasteiger partial charge < -0.3 is 14.6 Å². The van der Waals surface area contributed by atoms with E-state index in [0.717, 1.165) is 61.6 Å². The van der Waals surface area contributed by atoms with Crippen LogP contribution in [0.1, 0.15) is 31.5 Å². The molecular formula is C20H26N4O3S. The second kappa shape index (κ2) is 6.57. The quantitative estimate of drug-likeness (QED) is 0.846. The summed E-state index contributed by atoms with van der Waals surface area (Å²) in [5.74, 6) is 1.87. The molecule has 1 aromatic heterocycles. The van der Waals surface area contributed by atoms with Crippen LogP contribution in [0.4, 0.5) is 0 Å². The van der Waals surface area contributed by atoms with E-state index in [1.165, 1.54) is 0 Å². The lowest BCUT2D eigenvalue weighted by molar-refractivity contribution is 0.160. The molecule has 1 saturated heterocycles. The zero-order valence-electron chi connectivity index (χ0n) is 16.1. The maximum absolute atomic E-state index is 12.6. The number of fused-ring (bicyclic) bond motifs is 2. The minimum absolute atomic E-state index is 0.135. The predicted octanol–water partition coefficient (Wildman–Crippen LogP) is 1.95. The Kier molecular flexibility index (Phi) is 4.26. The maximum atomic E-state index is 12.6. The Morgan fingerprint density at radius 1 is 1.14 bits per heavy atom. The number of nitrogens with zero attached hydrogens (tertiary/aromatic N) is 3. The maximum Gasteiger partial charge on any atom is 0.216 e. The molecule has 1 saturated carbocycles. The minimum atomic E-state index is -3.10. The summed E-state index contributed by atoms with van der Waals surface area (Å²) < 4.78 is 34.4. The monoisotopic (exact) mass is 402 g/mol. The van der Waals surface area contributed by atoms with Gasteiger partial charge in [-0.25, -0.2) is 17.7 Å². The Morgan fingerprint density at radius 3 is 2.50 bits per heavy atom. The molecule has 0 bridgehead atoms.